The maximum absolute atomic E-state index is 11.7. The lowest BCUT2D eigenvalue weighted by Crippen LogP contribution is -2.09. The predicted molar refractivity (Wildman–Crippen MR) is 74.1 cm³/mol. The second-order valence-corrected chi connectivity index (χ2v) is 4.07. The lowest BCUT2D eigenvalue weighted by molar-refractivity contribution is -0.385. The van der Waals surface area contributed by atoms with Crippen molar-refractivity contribution < 1.29 is 9.72 Å². The summed E-state index contributed by atoms with van der Waals surface area (Å²) in [6.07, 6.45) is 4.23. The van der Waals surface area contributed by atoms with Gasteiger partial charge in [0.1, 0.15) is 5.82 Å². The normalized spacial score (nSPS) is 10.7. The van der Waals surface area contributed by atoms with E-state index in [1.54, 1.807) is 31.3 Å². The number of nitrogens with zero attached hydrogens (tertiary/aromatic N) is 2. The monoisotopic (exact) mass is 272 g/mol. The Balaban J connectivity index is 2.12. The van der Waals surface area contributed by atoms with E-state index in [1.165, 1.54) is 18.2 Å². The fraction of sp³-hybridized carbons (Fsp3) is 0.0769. The highest BCUT2D eigenvalue weighted by molar-refractivity contribution is 6.01. The number of amides is 1. The first kappa shape index (κ1) is 13.5. The van der Waals surface area contributed by atoms with Gasteiger partial charge in [0, 0.05) is 17.7 Å². The van der Waals surface area contributed by atoms with Gasteiger partial charge in [-0.2, -0.15) is 5.10 Å². The van der Waals surface area contributed by atoms with Crippen molar-refractivity contribution in [3.05, 3.63) is 57.8 Å². The van der Waals surface area contributed by atoms with Crippen LogP contribution in [0.2, 0.25) is 0 Å². The van der Waals surface area contributed by atoms with Gasteiger partial charge >= 0.3 is 0 Å². The average molecular weight is 272 g/mol. The van der Waals surface area contributed by atoms with Gasteiger partial charge in [-0.05, 0) is 19.1 Å². The number of nitrogens with one attached hydrogen (secondary N) is 2. The number of aromatic nitrogens is 2. The Bertz CT molecular complexity index is 676. The molecule has 20 heavy (non-hydrogen) atoms. The molecule has 0 fully saturated rings. The molecule has 0 bridgehead atoms. The molecule has 2 aromatic rings. The van der Waals surface area contributed by atoms with Crippen molar-refractivity contribution in [1.29, 1.82) is 0 Å². The third-order valence-electron chi connectivity index (χ3n) is 2.62. The lowest BCUT2D eigenvalue weighted by Gasteiger charge is -1.99. The molecule has 0 aliphatic rings. The Morgan fingerprint density at radius 3 is 2.85 bits per heavy atom. The third kappa shape index (κ3) is 3.08. The number of hydrogen-bond acceptors (Lipinski definition) is 4. The van der Waals surface area contributed by atoms with Crippen molar-refractivity contribution in [3.8, 4) is 0 Å². The summed E-state index contributed by atoms with van der Waals surface area (Å²) in [7, 11) is 0. The fourth-order valence-corrected chi connectivity index (χ4v) is 1.60. The first-order valence-corrected chi connectivity index (χ1v) is 5.80. The minimum Gasteiger partial charge on any atom is -0.307 e. The van der Waals surface area contributed by atoms with Gasteiger partial charge in [-0.15, -0.1) is 0 Å². The van der Waals surface area contributed by atoms with Gasteiger partial charge in [-0.1, -0.05) is 12.1 Å². The van der Waals surface area contributed by atoms with Gasteiger partial charge in [-0.3, -0.25) is 20.0 Å². The minimum absolute atomic E-state index is 0.0470. The lowest BCUT2D eigenvalue weighted by atomic mass is 10.1. The SMILES string of the molecule is Cc1cn[nH]c1NC(=O)/C=C/c1ccccc1[N+](=O)[O-]. The molecule has 0 aliphatic carbocycles. The molecule has 0 unspecified atom stereocenters. The third-order valence-corrected chi connectivity index (χ3v) is 2.62. The molecule has 1 aromatic heterocycles. The van der Waals surface area contributed by atoms with Crippen LogP contribution in [0.25, 0.3) is 6.08 Å². The molecule has 0 radical (unpaired) electrons. The van der Waals surface area contributed by atoms with Crippen LogP contribution in [0, 0.1) is 17.0 Å². The summed E-state index contributed by atoms with van der Waals surface area (Å²) in [6, 6.07) is 6.20. The van der Waals surface area contributed by atoms with Crippen molar-refractivity contribution in [2.24, 2.45) is 0 Å². The van der Waals surface area contributed by atoms with Crippen molar-refractivity contribution >= 4 is 23.5 Å². The van der Waals surface area contributed by atoms with Crippen molar-refractivity contribution in [2.75, 3.05) is 5.32 Å². The van der Waals surface area contributed by atoms with Crippen LogP contribution < -0.4 is 5.32 Å². The molecule has 2 N–H and O–H groups in total. The Labute approximate surface area is 114 Å². The number of aromatic amines is 1. The van der Waals surface area contributed by atoms with Crippen molar-refractivity contribution in [3.63, 3.8) is 0 Å². The molecule has 7 heteroatoms. The summed E-state index contributed by atoms with van der Waals surface area (Å²) in [5, 5.41) is 19.8. The largest absolute Gasteiger partial charge is 0.307 e. The van der Waals surface area contributed by atoms with E-state index < -0.39 is 10.8 Å². The maximum atomic E-state index is 11.7. The number of para-hydroxylation sites is 1. The van der Waals surface area contributed by atoms with E-state index in [-0.39, 0.29) is 5.69 Å². The highest BCUT2D eigenvalue weighted by Gasteiger charge is 2.10. The van der Waals surface area contributed by atoms with Crippen LogP contribution in [-0.2, 0) is 4.79 Å². The van der Waals surface area contributed by atoms with Gasteiger partial charge in [-0.25, -0.2) is 0 Å². The first-order chi connectivity index (χ1) is 9.58. The number of nitro benzene ring substituents is 1. The van der Waals surface area contributed by atoms with Gasteiger partial charge in [0.25, 0.3) is 5.69 Å². The van der Waals surface area contributed by atoms with Gasteiger partial charge < -0.3 is 5.32 Å². The van der Waals surface area contributed by atoms with E-state index in [0.29, 0.717) is 11.4 Å². The van der Waals surface area contributed by atoms with Crippen LogP contribution in [-0.4, -0.2) is 21.0 Å². The molecule has 102 valence electrons. The van der Waals surface area contributed by atoms with E-state index in [4.69, 9.17) is 0 Å². The topological polar surface area (TPSA) is 101 Å². The van der Waals surface area contributed by atoms with E-state index in [1.807, 2.05) is 0 Å². The molecule has 1 heterocycles. The first-order valence-electron chi connectivity index (χ1n) is 5.80. The van der Waals surface area contributed by atoms with E-state index in [0.717, 1.165) is 5.56 Å². The zero-order chi connectivity index (χ0) is 14.5. The van der Waals surface area contributed by atoms with Crippen LogP contribution in [0.1, 0.15) is 11.1 Å². The second kappa shape index (κ2) is 5.79. The van der Waals surface area contributed by atoms with Crippen molar-refractivity contribution in [2.45, 2.75) is 6.92 Å². The number of rotatable bonds is 4. The quantitative estimate of drug-likeness (QED) is 0.506. The molecule has 7 nitrogen and oxygen atoms in total. The molecule has 1 aromatic carbocycles. The molecule has 0 atom stereocenters. The highest BCUT2D eigenvalue weighted by Crippen LogP contribution is 2.19. The molecule has 0 saturated carbocycles. The molecule has 1 amide bonds. The number of aryl methyl sites for hydroxylation is 1. The minimum atomic E-state index is -0.489. The predicted octanol–water partition coefficient (Wildman–Crippen LogP) is 2.28. The second-order valence-electron chi connectivity index (χ2n) is 4.07. The Kier molecular flexibility index (Phi) is 3.90. The summed E-state index contributed by atoms with van der Waals surface area (Å²) in [5.41, 5.74) is 1.13. The Hall–Kier alpha value is -2.96. The number of hydrogen-bond donors (Lipinski definition) is 2. The molecule has 0 saturated heterocycles. The van der Waals surface area contributed by atoms with Gasteiger partial charge in [0.15, 0.2) is 0 Å². The van der Waals surface area contributed by atoms with Crippen LogP contribution >= 0.6 is 0 Å². The molecule has 2 rings (SSSR count). The standard InChI is InChI=1S/C13H12N4O3/c1-9-8-14-16-13(9)15-12(18)7-6-10-4-2-3-5-11(10)17(19)20/h2-8H,1H3,(H2,14,15,16,18)/b7-6+. The van der Waals surface area contributed by atoms with Crippen LogP contribution in [0.5, 0.6) is 0 Å². The number of anilines is 1. The van der Waals surface area contributed by atoms with Crippen molar-refractivity contribution in [1.82, 2.24) is 10.2 Å². The number of carbonyl (C=O) groups is 1. The number of nitro groups is 1. The zero-order valence-corrected chi connectivity index (χ0v) is 10.7. The van der Waals surface area contributed by atoms with Gasteiger partial charge in [0.05, 0.1) is 16.7 Å². The molecular formula is C13H12N4O3. The summed E-state index contributed by atoms with van der Waals surface area (Å²) < 4.78 is 0. The Morgan fingerprint density at radius 1 is 1.45 bits per heavy atom. The summed E-state index contributed by atoms with van der Waals surface area (Å²) in [6.45, 7) is 1.80. The number of H-pyrrole nitrogens is 1. The zero-order valence-electron chi connectivity index (χ0n) is 10.7. The van der Waals surface area contributed by atoms with Crippen LogP contribution in [0.3, 0.4) is 0 Å². The maximum Gasteiger partial charge on any atom is 0.276 e. The average Bonchev–Trinajstić information content (AvgIpc) is 2.82. The molecule has 0 aliphatic heterocycles. The van der Waals surface area contributed by atoms with Gasteiger partial charge in [0.2, 0.25) is 5.91 Å². The Morgan fingerprint density at radius 2 is 2.20 bits per heavy atom. The number of benzene rings is 1. The molecule has 0 spiro atoms. The van der Waals surface area contributed by atoms with Crippen LogP contribution in [0.4, 0.5) is 11.5 Å². The summed E-state index contributed by atoms with van der Waals surface area (Å²) >= 11 is 0. The fourth-order valence-electron chi connectivity index (χ4n) is 1.60. The van der Waals surface area contributed by atoms with Crippen LogP contribution in [0.15, 0.2) is 36.5 Å². The number of carbonyl (C=O) groups excluding carboxylic acids is 1. The van der Waals surface area contributed by atoms with E-state index in [9.17, 15) is 14.9 Å². The summed E-state index contributed by atoms with van der Waals surface area (Å²) in [5.74, 6) is 0.109. The van der Waals surface area contributed by atoms with E-state index in [2.05, 4.69) is 15.5 Å². The van der Waals surface area contributed by atoms with E-state index >= 15 is 0 Å². The summed E-state index contributed by atoms with van der Waals surface area (Å²) in [4.78, 5) is 22.0. The smallest absolute Gasteiger partial charge is 0.276 e. The molecular weight excluding hydrogens is 260 g/mol. The highest BCUT2D eigenvalue weighted by atomic mass is 16.6.